The molecule has 1 aliphatic heterocycles. The van der Waals surface area contributed by atoms with Gasteiger partial charge in [0.15, 0.2) is 0 Å². The standard InChI is InChI=1S/C30H28N4O/c35-29(32-24-19-30(20-24)14-16-31-17-15-30)23-11-13-28-26(18-23)27(33-34-28)12-10-22-8-4-5-9-25(22)21-6-2-1-3-7-21/h1-9,11,13,18,24,31H,14-17,19-20H2,(H,32,35)(H,33,34). The Bertz CT molecular complexity index is 1430. The first-order chi connectivity index (χ1) is 17.2. The van der Waals surface area contributed by atoms with Gasteiger partial charge in [0, 0.05) is 22.6 Å². The molecule has 2 aliphatic rings. The zero-order valence-corrected chi connectivity index (χ0v) is 19.6. The van der Waals surface area contributed by atoms with Crippen LogP contribution in [0.15, 0.2) is 72.8 Å². The summed E-state index contributed by atoms with van der Waals surface area (Å²) in [5.41, 5.74) is 5.78. The average molecular weight is 461 g/mol. The number of H-pyrrole nitrogens is 1. The molecule has 1 spiro atoms. The fourth-order valence-electron chi connectivity index (χ4n) is 5.56. The highest BCUT2D eigenvalue weighted by atomic mass is 16.1. The lowest BCUT2D eigenvalue weighted by Crippen LogP contribution is -2.54. The molecule has 1 aromatic heterocycles. The van der Waals surface area contributed by atoms with Crippen LogP contribution in [-0.4, -0.2) is 35.2 Å². The molecular formula is C30H28N4O. The summed E-state index contributed by atoms with van der Waals surface area (Å²) in [5.74, 6) is 6.51. The summed E-state index contributed by atoms with van der Waals surface area (Å²) >= 11 is 0. The average Bonchev–Trinajstić information content (AvgIpc) is 3.30. The van der Waals surface area contributed by atoms with E-state index in [1.54, 1.807) is 0 Å². The molecule has 0 radical (unpaired) electrons. The molecule has 2 heterocycles. The lowest BCUT2D eigenvalue weighted by Gasteiger charge is -2.50. The number of fused-ring (bicyclic) bond motifs is 1. The molecule has 35 heavy (non-hydrogen) atoms. The van der Waals surface area contributed by atoms with Crippen LogP contribution in [0, 0.1) is 17.3 Å². The van der Waals surface area contributed by atoms with Crippen LogP contribution in [0.3, 0.4) is 0 Å². The topological polar surface area (TPSA) is 69.8 Å². The number of hydrogen-bond acceptors (Lipinski definition) is 3. The highest BCUT2D eigenvalue weighted by Gasteiger charge is 2.44. The molecule has 2 fully saturated rings. The molecule has 5 heteroatoms. The maximum atomic E-state index is 13.0. The Balaban J connectivity index is 1.22. The molecule has 1 saturated carbocycles. The normalized spacial score (nSPS) is 16.9. The molecule has 174 valence electrons. The minimum atomic E-state index is -0.0183. The van der Waals surface area contributed by atoms with Crippen molar-refractivity contribution in [3.63, 3.8) is 0 Å². The predicted octanol–water partition coefficient (Wildman–Crippen LogP) is 4.89. The van der Waals surface area contributed by atoms with Crippen molar-refractivity contribution < 1.29 is 4.79 Å². The Morgan fingerprint density at radius 1 is 0.943 bits per heavy atom. The summed E-state index contributed by atoms with van der Waals surface area (Å²) in [6, 6.07) is 24.3. The quantitative estimate of drug-likeness (QED) is 0.381. The molecule has 0 atom stereocenters. The Kier molecular flexibility index (Phi) is 5.60. The number of benzene rings is 3. The molecule has 1 amide bonds. The van der Waals surface area contributed by atoms with Gasteiger partial charge in [-0.2, -0.15) is 5.10 Å². The van der Waals surface area contributed by atoms with Crippen LogP contribution in [0.4, 0.5) is 0 Å². The van der Waals surface area contributed by atoms with Gasteiger partial charge in [-0.25, -0.2) is 0 Å². The molecule has 4 aromatic rings. The highest BCUT2D eigenvalue weighted by Crippen LogP contribution is 2.47. The third-order valence-corrected chi connectivity index (χ3v) is 7.51. The van der Waals surface area contributed by atoms with Gasteiger partial charge in [-0.05, 0) is 85.5 Å². The second-order valence-corrected chi connectivity index (χ2v) is 9.82. The molecule has 1 aliphatic carbocycles. The maximum Gasteiger partial charge on any atom is 0.251 e. The minimum absolute atomic E-state index is 0.0183. The van der Waals surface area contributed by atoms with E-state index in [0.29, 0.717) is 16.7 Å². The first kappa shape index (κ1) is 21.6. The van der Waals surface area contributed by atoms with Crippen molar-refractivity contribution in [3.8, 4) is 23.0 Å². The fourth-order valence-corrected chi connectivity index (χ4v) is 5.56. The third-order valence-electron chi connectivity index (χ3n) is 7.51. The lowest BCUT2D eigenvalue weighted by molar-refractivity contribution is 0.0423. The van der Waals surface area contributed by atoms with Crippen LogP contribution in [-0.2, 0) is 0 Å². The van der Waals surface area contributed by atoms with Gasteiger partial charge in [0.1, 0.15) is 5.69 Å². The van der Waals surface area contributed by atoms with Crippen LogP contribution in [0.5, 0.6) is 0 Å². The second kappa shape index (κ2) is 9.05. The molecule has 0 bridgehead atoms. The van der Waals surface area contributed by atoms with Crippen molar-refractivity contribution in [3.05, 3.63) is 89.6 Å². The smallest absolute Gasteiger partial charge is 0.251 e. The van der Waals surface area contributed by atoms with Gasteiger partial charge < -0.3 is 10.6 Å². The third kappa shape index (κ3) is 4.34. The Morgan fingerprint density at radius 3 is 2.54 bits per heavy atom. The summed E-state index contributed by atoms with van der Waals surface area (Å²) in [4.78, 5) is 13.0. The minimum Gasteiger partial charge on any atom is -0.349 e. The van der Waals surface area contributed by atoms with Crippen LogP contribution >= 0.6 is 0 Å². The first-order valence-electron chi connectivity index (χ1n) is 12.4. The molecule has 1 saturated heterocycles. The van der Waals surface area contributed by atoms with Gasteiger partial charge in [0.25, 0.3) is 5.91 Å². The maximum absolute atomic E-state index is 13.0. The molecule has 0 unspecified atom stereocenters. The summed E-state index contributed by atoms with van der Waals surface area (Å²) in [7, 11) is 0. The van der Waals surface area contributed by atoms with Gasteiger partial charge >= 0.3 is 0 Å². The second-order valence-electron chi connectivity index (χ2n) is 9.82. The number of nitrogens with zero attached hydrogens (tertiary/aromatic N) is 1. The summed E-state index contributed by atoms with van der Waals surface area (Å²) in [5, 5.41) is 15.0. The highest BCUT2D eigenvalue weighted by molar-refractivity contribution is 5.99. The van der Waals surface area contributed by atoms with Crippen molar-refractivity contribution >= 4 is 16.8 Å². The number of carbonyl (C=O) groups excluding carboxylic acids is 1. The summed E-state index contributed by atoms with van der Waals surface area (Å²) in [6.45, 7) is 2.19. The molecule has 3 N–H and O–H groups in total. The first-order valence-corrected chi connectivity index (χ1v) is 12.4. The number of piperidine rings is 1. The van der Waals surface area contributed by atoms with Crippen LogP contribution in [0.1, 0.15) is 47.3 Å². The largest absolute Gasteiger partial charge is 0.349 e. The Morgan fingerprint density at radius 2 is 1.71 bits per heavy atom. The van der Waals surface area contributed by atoms with Crippen LogP contribution in [0.2, 0.25) is 0 Å². The van der Waals surface area contributed by atoms with Gasteiger partial charge in [0.2, 0.25) is 0 Å². The number of aromatic nitrogens is 2. The van der Waals surface area contributed by atoms with Gasteiger partial charge in [0.05, 0.1) is 5.52 Å². The Hall–Kier alpha value is -3.88. The van der Waals surface area contributed by atoms with E-state index < -0.39 is 0 Å². The fraction of sp³-hybridized carbons (Fsp3) is 0.267. The van der Waals surface area contributed by atoms with Gasteiger partial charge in [-0.3, -0.25) is 9.89 Å². The number of hydrogen-bond donors (Lipinski definition) is 3. The number of carbonyl (C=O) groups is 1. The molecular weight excluding hydrogens is 432 g/mol. The number of rotatable bonds is 3. The zero-order valence-electron chi connectivity index (χ0n) is 19.6. The summed E-state index contributed by atoms with van der Waals surface area (Å²) in [6.07, 6.45) is 4.61. The van der Waals surface area contributed by atoms with Crippen molar-refractivity contribution in [1.29, 1.82) is 0 Å². The van der Waals surface area contributed by atoms with Crippen molar-refractivity contribution in [1.82, 2.24) is 20.8 Å². The number of amides is 1. The molecule has 6 rings (SSSR count). The van der Waals surface area contributed by atoms with Crippen LogP contribution < -0.4 is 10.6 Å². The van der Waals surface area contributed by atoms with E-state index in [2.05, 4.69) is 50.9 Å². The van der Waals surface area contributed by atoms with Gasteiger partial charge in [-0.15, -0.1) is 0 Å². The van der Waals surface area contributed by atoms with Crippen molar-refractivity contribution in [2.24, 2.45) is 5.41 Å². The van der Waals surface area contributed by atoms with E-state index in [-0.39, 0.29) is 11.9 Å². The summed E-state index contributed by atoms with van der Waals surface area (Å²) < 4.78 is 0. The van der Waals surface area contributed by atoms with Crippen LogP contribution in [0.25, 0.3) is 22.0 Å². The van der Waals surface area contributed by atoms with E-state index in [4.69, 9.17) is 0 Å². The van der Waals surface area contributed by atoms with E-state index >= 15 is 0 Å². The zero-order chi connectivity index (χ0) is 23.7. The van der Waals surface area contributed by atoms with Crippen molar-refractivity contribution in [2.45, 2.75) is 31.7 Å². The number of nitrogens with one attached hydrogen (secondary N) is 3. The van der Waals surface area contributed by atoms with E-state index in [1.807, 2.05) is 54.6 Å². The molecule has 3 aromatic carbocycles. The SMILES string of the molecule is O=C(NC1CC2(CCNCC2)C1)c1ccc2[nH]nc(C#Cc3ccccc3-c3ccccc3)c2c1. The monoisotopic (exact) mass is 460 g/mol. The van der Waals surface area contributed by atoms with E-state index in [0.717, 1.165) is 53.5 Å². The number of aromatic amines is 1. The van der Waals surface area contributed by atoms with E-state index in [1.165, 1.54) is 12.8 Å². The predicted molar refractivity (Wildman–Crippen MR) is 139 cm³/mol. The van der Waals surface area contributed by atoms with E-state index in [9.17, 15) is 4.79 Å². The van der Waals surface area contributed by atoms with Gasteiger partial charge in [-0.1, -0.05) is 54.5 Å². The molecule has 5 nitrogen and oxygen atoms in total. The van der Waals surface area contributed by atoms with Crippen molar-refractivity contribution in [2.75, 3.05) is 13.1 Å². The Labute approximate surface area is 205 Å². The lowest BCUT2D eigenvalue weighted by atomic mass is 9.60.